The van der Waals surface area contributed by atoms with Gasteiger partial charge in [0.05, 0.1) is 10.4 Å². The highest BCUT2D eigenvalue weighted by Crippen LogP contribution is 2.29. The normalized spacial score (nSPS) is 22.3. The van der Waals surface area contributed by atoms with E-state index >= 15 is 0 Å². The maximum Gasteiger partial charge on any atom is 0.253 e. The first kappa shape index (κ1) is 30.6. The summed E-state index contributed by atoms with van der Waals surface area (Å²) in [4.78, 5) is 38.5. The van der Waals surface area contributed by atoms with Crippen LogP contribution in [0.4, 0.5) is 11.6 Å². The SMILES string of the molecule is Nc1nc(N)c(C(=O)/C=C2\NCC3(CCN(C(=O)c4cccc(S(=O)(=O)N5CCC(N6CCCC6)CC5)c4)CC3)N2)nc1Cl. The standard InChI is InChI=1S/C29H38ClN9O4S/c30-25-27(32)35-26(31)24(34-25)22(40)17-23-33-18-29(36-23)8-14-38(15-9-29)28(41)19-4-3-5-21(16-19)44(42,43)39-12-6-20(7-13-39)37-10-1-2-11-37/h3-5,16-17,20,33,36H,1-2,6-15,18H2,(H4,31,32,35)/b23-17+. The van der Waals surface area contributed by atoms with Gasteiger partial charge in [0.25, 0.3) is 5.91 Å². The third-order valence-corrected chi connectivity index (χ3v) is 11.4. The van der Waals surface area contributed by atoms with Crippen LogP contribution in [0.2, 0.25) is 5.15 Å². The molecular formula is C29H38ClN9O4S. The van der Waals surface area contributed by atoms with Crippen LogP contribution in [0.1, 0.15) is 59.4 Å². The van der Waals surface area contributed by atoms with Gasteiger partial charge < -0.3 is 31.9 Å². The molecule has 15 heteroatoms. The lowest BCUT2D eigenvalue weighted by atomic mass is 9.88. The van der Waals surface area contributed by atoms with E-state index in [-0.39, 0.29) is 38.8 Å². The Labute approximate surface area is 262 Å². The molecule has 5 heterocycles. The minimum absolute atomic E-state index is 0.0490. The number of amides is 1. The van der Waals surface area contributed by atoms with E-state index in [4.69, 9.17) is 23.1 Å². The van der Waals surface area contributed by atoms with Crippen LogP contribution in [0.15, 0.2) is 41.1 Å². The molecule has 6 rings (SSSR count). The molecule has 0 unspecified atom stereocenters. The third-order valence-electron chi connectivity index (χ3n) is 9.24. The fourth-order valence-corrected chi connectivity index (χ4v) is 8.31. The first-order chi connectivity index (χ1) is 21.0. The molecule has 1 spiro atoms. The molecule has 44 heavy (non-hydrogen) atoms. The van der Waals surface area contributed by atoms with Crippen molar-refractivity contribution in [3.8, 4) is 0 Å². The number of carbonyl (C=O) groups excluding carboxylic acids is 2. The number of rotatable bonds is 6. The van der Waals surface area contributed by atoms with Gasteiger partial charge in [-0.15, -0.1) is 0 Å². The number of nitrogens with two attached hydrogens (primary N) is 2. The van der Waals surface area contributed by atoms with Crippen molar-refractivity contribution in [2.75, 3.05) is 57.3 Å². The number of anilines is 2. The predicted octanol–water partition coefficient (Wildman–Crippen LogP) is 1.44. The fraction of sp³-hybridized carbons (Fsp3) is 0.517. The number of aromatic nitrogens is 2. The van der Waals surface area contributed by atoms with Crippen molar-refractivity contribution >= 4 is 45.0 Å². The van der Waals surface area contributed by atoms with Gasteiger partial charge in [-0.05, 0) is 69.8 Å². The number of likely N-dealkylation sites (tertiary alicyclic amines) is 2. The van der Waals surface area contributed by atoms with Crippen LogP contribution in [-0.4, -0.2) is 102 Å². The summed E-state index contributed by atoms with van der Waals surface area (Å²) in [5, 5.41) is 6.52. The largest absolute Gasteiger partial charge is 0.382 e. The average molecular weight is 644 g/mol. The molecule has 4 aliphatic rings. The Bertz CT molecular complexity index is 1580. The number of carbonyl (C=O) groups is 2. The molecule has 0 bridgehead atoms. The van der Waals surface area contributed by atoms with Crippen LogP contribution < -0.4 is 22.1 Å². The summed E-state index contributed by atoms with van der Waals surface area (Å²) in [6.45, 7) is 4.72. The smallest absolute Gasteiger partial charge is 0.253 e. The lowest BCUT2D eigenvalue weighted by Crippen LogP contribution is -2.53. The summed E-state index contributed by atoms with van der Waals surface area (Å²) in [5.74, 6) is -0.302. The molecule has 4 fully saturated rings. The molecule has 13 nitrogen and oxygen atoms in total. The van der Waals surface area contributed by atoms with Gasteiger partial charge in [0.1, 0.15) is 5.82 Å². The highest BCUT2D eigenvalue weighted by atomic mass is 35.5. The minimum Gasteiger partial charge on any atom is -0.382 e. The molecule has 0 aliphatic carbocycles. The maximum absolute atomic E-state index is 13.5. The molecule has 1 aromatic heterocycles. The number of piperidine rings is 2. The second-order valence-corrected chi connectivity index (χ2v) is 14.3. The molecule has 4 aliphatic heterocycles. The molecule has 1 amide bonds. The Morgan fingerprint density at radius 3 is 2.41 bits per heavy atom. The number of hydrogen-bond donors (Lipinski definition) is 4. The van der Waals surface area contributed by atoms with E-state index in [2.05, 4.69) is 25.5 Å². The van der Waals surface area contributed by atoms with Crippen LogP contribution in [0, 0.1) is 0 Å². The van der Waals surface area contributed by atoms with E-state index in [1.165, 1.54) is 25.0 Å². The first-order valence-corrected chi connectivity index (χ1v) is 16.9. The summed E-state index contributed by atoms with van der Waals surface area (Å²) >= 11 is 5.91. The highest BCUT2D eigenvalue weighted by Gasteiger charge is 2.40. The third kappa shape index (κ3) is 6.08. The highest BCUT2D eigenvalue weighted by molar-refractivity contribution is 7.89. The number of hydrogen-bond acceptors (Lipinski definition) is 11. The zero-order valence-corrected chi connectivity index (χ0v) is 26.0. The van der Waals surface area contributed by atoms with Crippen molar-refractivity contribution < 1.29 is 18.0 Å². The number of halogens is 1. The summed E-state index contributed by atoms with van der Waals surface area (Å²) in [6, 6.07) is 6.85. The number of ketones is 1. The lowest BCUT2D eigenvalue weighted by molar-refractivity contribution is 0.0666. The second kappa shape index (κ2) is 12.1. The van der Waals surface area contributed by atoms with Gasteiger partial charge >= 0.3 is 0 Å². The van der Waals surface area contributed by atoms with Gasteiger partial charge in [-0.3, -0.25) is 9.59 Å². The first-order valence-electron chi connectivity index (χ1n) is 15.0. The van der Waals surface area contributed by atoms with Crippen molar-refractivity contribution in [3.63, 3.8) is 0 Å². The van der Waals surface area contributed by atoms with Crippen LogP contribution in [0.25, 0.3) is 0 Å². The van der Waals surface area contributed by atoms with E-state index in [1.807, 2.05) is 0 Å². The summed E-state index contributed by atoms with van der Waals surface area (Å²) in [7, 11) is -3.70. The topological polar surface area (TPSA) is 180 Å². The van der Waals surface area contributed by atoms with Crippen molar-refractivity contribution in [2.45, 2.75) is 55.0 Å². The van der Waals surface area contributed by atoms with Crippen molar-refractivity contribution in [2.24, 2.45) is 0 Å². The molecule has 0 atom stereocenters. The van der Waals surface area contributed by atoms with E-state index in [9.17, 15) is 18.0 Å². The Kier molecular flexibility index (Phi) is 8.44. The van der Waals surface area contributed by atoms with E-state index in [0.29, 0.717) is 63.0 Å². The van der Waals surface area contributed by atoms with Gasteiger partial charge in [0.2, 0.25) is 15.8 Å². The maximum atomic E-state index is 13.5. The van der Waals surface area contributed by atoms with E-state index < -0.39 is 15.8 Å². The molecule has 236 valence electrons. The summed E-state index contributed by atoms with van der Waals surface area (Å²) < 4.78 is 28.6. The van der Waals surface area contributed by atoms with Crippen LogP contribution >= 0.6 is 11.6 Å². The summed E-state index contributed by atoms with van der Waals surface area (Å²) in [5.41, 5.74) is 11.3. The molecule has 4 saturated heterocycles. The van der Waals surface area contributed by atoms with Crippen molar-refractivity contribution in [3.05, 3.63) is 52.6 Å². The molecule has 0 saturated carbocycles. The van der Waals surface area contributed by atoms with Crippen LogP contribution in [-0.2, 0) is 10.0 Å². The molecular weight excluding hydrogens is 606 g/mol. The quantitative estimate of drug-likeness (QED) is 0.264. The zero-order chi connectivity index (χ0) is 31.1. The minimum atomic E-state index is -3.70. The molecule has 6 N–H and O–H groups in total. The van der Waals surface area contributed by atoms with Gasteiger partial charge in [-0.25, -0.2) is 18.4 Å². The number of nitrogens with zero attached hydrogens (tertiary/aromatic N) is 5. The monoisotopic (exact) mass is 643 g/mol. The zero-order valence-electron chi connectivity index (χ0n) is 24.5. The number of allylic oxidation sites excluding steroid dienone is 1. The number of sulfonamides is 1. The lowest BCUT2D eigenvalue weighted by Gasteiger charge is -2.39. The Morgan fingerprint density at radius 2 is 1.70 bits per heavy atom. The molecule has 2 aromatic rings. The Balaban J connectivity index is 1.06. The second-order valence-electron chi connectivity index (χ2n) is 12.0. The van der Waals surface area contributed by atoms with Gasteiger partial charge in [-0.1, -0.05) is 17.7 Å². The molecule has 1 aromatic carbocycles. The van der Waals surface area contributed by atoms with E-state index in [0.717, 1.165) is 25.9 Å². The average Bonchev–Trinajstić information content (AvgIpc) is 3.70. The number of benzene rings is 1. The van der Waals surface area contributed by atoms with Crippen LogP contribution in [0.5, 0.6) is 0 Å². The van der Waals surface area contributed by atoms with Crippen molar-refractivity contribution in [1.82, 2.24) is 34.7 Å². The van der Waals surface area contributed by atoms with Crippen LogP contribution in [0.3, 0.4) is 0 Å². The number of nitrogen functional groups attached to an aromatic ring is 2. The predicted molar refractivity (Wildman–Crippen MR) is 166 cm³/mol. The molecule has 0 radical (unpaired) electrons. The van der Waals surface area contributed by atoms with Gasteiger partial charge in [0, 0.05) is 50.4 Å². The Morgan fingerprint density at radius 1 is 1.00 bits per heavy atom. The van der Waals surface area contributed by atoms with Gasteiger partial charge in [0.15, 0.2) is 22.5 Å². The Hall–Kier alpha value is -3.46. The fourth-order valence-electron chi connectivity index (χ4n) is 6.66. The van der Waals surface area contributed by atoms with Crippen molar-refractivity contribution in [1.29, 1.82) is 0 Å². The number of nitrogens with one attached hydrogen (secondary N) is 2. The summed E-state index contributed by atoms with van der Waals surface area (Å²) in [6.07, 6.45) is 6.74. The van der Waals surface area contributed by atoms with E-state index in [1.54, 1.807) is 27.4 Å². The van der Waals surface area contributed by atoms with Gasteiger partial charge in [-0.2, -0.15) is 4.31 Å².